The fourth-order valence-electron chi connectivity index (χ4n) is 2.06. The van der Waals surface area contributed by atoms with Gasteiger partial charge in [0.1, 0.15) is 5.75 Å². The molecule has 2 amide bonds. The Labute approximate surface area is 165 Å². The summed E-state index contributed by atoms with van der Waals surface area (Å²) in [5.41, 5.74) is 3.06. The van der Waals surface area contributed by atoms with Crippen molar-refractivity contribution in [3.63, 3.8) is 0 Å². The summed E-state index contributed by atoms with van der Waals surface area (Å²) in [5, 5.41) is 14.7. The maximum Gasteiger partial charge on any atom is 0.341 e. The molecule has 0 bridgehead atoms. The molecule has 0 aliphatic heterocycles. The minimum Gasteiger partial charge on any atom is -0.481 e. The number of para-hydroxylation sites is 1. The fourth-order valence-corrected chi connectivity index (χ4v) is 2.06. The van der Waals surface area contributed by atoms with E-state index in [1.807, 2.05) is 0 Å². The molecule has 0 unspecified atom stereocenters. The highest BCUT2D eigenvalue weighted by Crippen LogP contribution is 2.15. The van der Waals surface area contributed by atoms with Gasteiger partial charge >= 0.3 is 23.8 Å². The lowest BCUT2D eigenvalue weighted by Gasteiger charge is -2.06. The number of carbonyl (C=O) groups is 4. The minimum atomic E-state index is -1.14. The average Bonchev–Trinajstić information content (AvgIpc) is 2.72. The summed E-state index contributed by atoms with van der Waals surface area (Å²) in [6.45, 7) is -0.533. The summed E-state index contributed by atoms with van der Waals surface area (Å²) in [6, 6.07) is 12.2. The van der Waals surface area contributed by atoms with Crippen molar-refractivity contribution >= 4 is 35.7 Å². The van der Waals surface area contributed by atoms with Crippen molar-refractivity contribution in [3.05, 3.63) is 59.7 Å². The maximum atomic E-state index is 11.9. The van der Waals surface area contributed by atoms with Crippen LogP contribution < -0.4 is 15.5 Å². The Morgan fingerprint density at radius 2 is 1.72 bits per heavy atom. The van der Waals surface area contributed by atoms with Crippen LogP contribution in [0.1, 0.15) is 15.9 Å². The van der Waals surface area contributed by atoms with E-state index in [9.17, 15) is 19.2 Å². The summed E-state index contributed by atoms with van der Waals surface area (Å²) in [5.74, 6) is -3.41. The predicted molar refractivity (Wildman–Crippen MR) is 102 cm³/mol. The molecule has 29 heavy (non-hydrogen) atoms. The van der Waals surface area contributed by atoms with E-state index in [1.165, 1.54) is 43.7 Å². The molecular weight excluding hydrogens is 382 g/mol. The Balaban J connectivity index is 1.92. The van der Waals surface area contributed by atoms with Gasteiger partial charge in [0, 0.05) is 11.3 Å². The first-order chi connectivity index (χ1) is 13.9. The number of methoxy groups -OCH3 is 1. The van der Waals surface area contributed by atoms with E-state index in [2.05, 4.69) is 20.6 Å². The first-order valence-electron chi connectivity index (χ1n) is 8.17. The zero-order valence-corrected chi connectivity index (χ0v) is 15.2. The number of carbonyl (C=O) groups excluding carboxylic acids is 3. The number of hydrogen-bond donors (Lipinski definition) is 3. The molecule has 0 spiro atoms. The number of rotatable bonds is 7. The predicted octanol–water partition coefficient (Wildman–Crippen LogP) is 1.03. The molecule has 0 saturated heterocycles. The van der Waals surface area contributed by atoms with Crippen molar-refractivity contribution in [2.45, 2.75) is 0 Å². The molecule has 2 rings (SSSR count). The highest BCUT2D eigenvalue weighted by Gasteiger charge is 2.13. The Morgan fingerprint density at radius 1 is 1.03 bits per heavy atom. The van der Waals surface area contributed by atoms with Crippen molar-refractivity contribution in [2.75, 3.05) is 19.0 Å². The zero-order chi connectivity index (χ0) is 21.2. The van der Waals surface area contributed by atoms with Crippen LogP contribution in [0.5, 0.6) is 5.75 Å². The van der Waals surface area contributed by atoms with Gasteiger partial charge in [-0.05, 0) is 36.4 Å². The number of hydrazone groups is 1. The first-order valence-corrected chi connectivity index (χ1v) is 8.17. The molecule has 0 atom stereocenters. The zero-order valence-electron chi connectivity index (χ0n) is 15.2. The van der Waals surface area contributed by atoms with Gasteiger partial charge in [-0.1, -0.05) is 12.1 Å². The lowest BCUT2D eigenvalue weighted by atomic mass is 10.2. The van der Waals surface area contributed by atoms with Crippen LogP contribution in [0.2, 0.25) is 0 Å². The lowest BCUT2D eigenvalue weighted by molar-refractivity contribution is -0.139. The number of hydrogen-bond acceptors (Lipinski definition) is 7. The van der Waals surface area contributed by atoms with Gasteiger partial charge in [0.2, 0.25) is 0 Å². The molecule has 0 heterocycles. The quantitative estimate of drug-likeness (QED) is 0.273. The summed E-state index contributed by atoms with van der Waals surface area (Å²) in [7, 11) is 1.25. The molecule has 0 aliphatic carbocycles. The minimum absolute atomic E-state index is 0.253. The summed E-state index contributed by atoms with van der Waals surface area (Å²) >= 11 is 0. The number of carboxylic acids is 1. The third-order valence-corrected chi connectivity index (χ3v) is 3.41. The molecule has 0 aliphatic rings. The van der Waals surface area contributed by atoms with Gasteiger partial charge in [0.05, 0.1) is 18.9 Å². The van der Waals surface area contributed by atoms with Gasteiger partial charge in [0.15, 0.2) is 6.61 Å². The number of ether oxygens (including phenoxy) is 2. The number of amides is 2. The van der Waals surface area contributed by atoms with Crippen molar-refractivity contribution in [1.29, 1.82) is 0 Å². The van der Waals surface area contributed by atoms with E-state index in [-0.39, 0.29) is 5.75 Å². The topological polar surface area (TPSA) is 143 Å². The van der Waals surface area contributed by atoms with Crippen LogP contribution in [0.25, 0.3) is 0 Å². The molecular formula is C19H17N3O7. The second-order valence-corrected chi connectivity index (χ2v) is 5.44. The van der Waals surface area contributed by atoms with Crippen molar-refractivity contribution in [2.24, 2.45) is 5.10 Å². The van der Waals surface area contributed by atoms with Crippen molar-refractivity contribution in [1.82, 2.24) is 5.43 Å². The second kappa shape index (κ2) is 10.2. The SMILES string of the molecule is COC(=O)c1ccc(NC(=O)C(=O)N/N=C\c2ccccc2OCC(=O)O)cc1. The Hall–Kier alpha value is -4.21. The van der Waals surface area contributed by atoms with Crippen LogP contribution >= 0.6 is 0 Å². The van der Waals surface area contributed by atoms with E-state index in [4.69, 9.17) is 9.84 Å². The molecule has 3 N–H and O–H groups in total. The molecule has 10 nitrogen and oxygen atoms in total. The number of nitrogens with zero attached hydrogens (tertiary/aromatic N) is 1. The van der Waals surface area contributed by atoms with Gasteiger partial charge in [0.25, 0.3) is 0 Å². The molecule has 0 saturated carbocycles. The van der Waals surface area contributed by atoms with Crippen LogP contribution in [-0.4, -0.2) is 48.8 Å². The summed E-state index contributed by atoms with van der Waals surface area (Å²) in [6.07, 6.45) is 1.22. The van der Waals surface area contributed by atoms with Gasteiger partial charge in [-0.2, -0.15) is 5.10 Å². The highest BCUT2D eigenvalue weighted by molar-refractivity contribution is 6.39. The average molecular weight is 399 g/mol. The molecule has 150 valence electrons. The Bertz CT molecular complexity index is 939. The van der Waals surface area contributed by atoms with E-state index in [0.29, 0.717) is 16.8 Å². The number of anilines is 1. The highest BCUT2D eigenvalue weighted by atomic mass is 16.5. The van der Waals surface area contributed by atoms with E-state index >= 15 is 0 Å². The maximum absolute atomic E-state index is 11.9. The Kier molecular flexibility index (Phi) is 7.43. The van der Waals surface area contributed by atoms with Crippen LogP contribution in [0.3, 0.4) is 0 Å². The van der Waals surface area contributed by atoms with Gasteiger partial charge in [-0.25, -0.2) is 15.0 Å². The number of carboxylic acid groups (broad SMARTS) is 1. The molecule has 0 fully saturated rings. The van der Waals surface area contributed by atoms with E-state index in [1.54, 1.807) is 18.2 Å². The van der Waals surface area contributed by atoms with Crippen LogP contribution in [0.4, 0.5) is 5.69 Å². The monoisotopic (exact) mass is 399 g/mol. The normalized spacial score (nSPS) is 10.2. The lowest BCUT2D eigenvalue weighted by Crippen LogP contribution is -2.32. The van der Waals surface area contributed by atoms with E-state index < -0.39 is 30.4 Å². The largest absolute Gasteiger partial charge is 0.481 e. The molecule has 0 aromatic heterocycles. The summed E-state index contributed by atoms with van der Waals surface area (Å²) < 4.78 is 9.67. The fraction of sp³-hybridized carbons (Fsp3) is 0.105. The standard InChI is InChI=1S/C19H17N3O7/c1-28-19(27)12-6-8-14(9-7-12)21-17(25)18(26)22-20-10-13-4-2-3-5-15(13)29-11-16(23)24/h2-10H,11H2,1H3,(H,21,25)(H,22,26)(H,23,24)/b20-10-. The number of benzene rings is 2. The number of aliphatic carboxylic acids is 1. The molecule has 2 aromatic rings. The molecule has 10 heteroatoms. The van der Waals surface area contributed by atoms with E-state index in [0.717, 1.165) is 0 Å². The molecule has 2 aromatic carbocycles. The van der Waals surface area contributed by atoms with Gasteiger partial charge in [-0.3, -0.25) is 9.59 Å². The van der Waals surface area contributed by atoms with Crippen LogP contribution in [0.15, 0.2) is 53.6 Å². The van der Waals surface area contributed by atoms with Crippen LogP contribution in [0, 0.1) is 0 Å². The third kappa shape index (κ3) is 6.47. The van der Waals surface area contributed by atoms with Crippen molar-refractivity contribution in [3.8, 4) is 5.75 Å². The van der Waals surface area contributed by atoms with Crippen LogP contribution in [-0.2, 0) is 19.1 Å². The summed E-state index contributed by atoms with van der Waals surface area (Å²) in [4.78, 5) is 45.7. The smallest absolute Gasteiger partial charge is 0.341 e. The Morgan fingerprint density at radius 3 is 2.38 bits per heavy atom. The van der Waals surface area contributed by atoms with Gasteiger partial charge < -0.3 is 19.9 Å². The third-order valence-electron chi connectivity index (χ3n) is 3.41. The van der Waals surface area contributed by atoms with Crippen molar-refractivity contribution < 1.29 is 33.8 Å². The van der Waals surface area contributed by atoms with Gasteiger partial charge in [-0.15, -0.1) is 0 Å². The number of nitrogens with one attached hydrogen (secondary N) is 2. The molecule has 0 radical (unpaired) electrons. The second-order valence-electron chi connectivity index (χ2n) is 5.44. The number of esters is 1. The first kappa shape index (κ1) is 21.1.